The van der Waals surface area contributed by atoms with Crippen molar-refractivity contribution in [2.75, 3.05) is 13.2 Å². The maximum Gasteiger partial charge on any atom is 0.330 e. The molecule has 0 radical (unpaired) electrons. The van der Waals surface area contributed by atoms with Crippen molar-refractivity contribution in [3.05, 3.63) is 65.2 Å². The molecule has 4 heterocycles. The molecule has 0 bridgehead atoms. The van der Waals surface area contributed by atoms with E-state index in [1.54, 1.807) is 13.8 Å². The van der Waals surface area contributed by atoms with Crippen LogP contribution in [-0.4, -0.2) is 56.6 Å². The first-order chi connectivity index (χ1) is 17.7. The van der Waals surface area contributed by atoms with E-state index in [0.29, 0.717) is 24.0 Å². The van der Waals surface area contributed by atoms with Crippen molar-refractivity contribution in [1.82, 2.24) is 24.2 Å². The molecule has 5 N–H and O–H groups in total. The minimum absolute atomic E-state index is 0.0202. The van der Waals surface area contributed by atoms with E-state index in [2.05, 4.69) is 27.3 Å². The Kier molecular flexibility index (Phi) is 9.54. The summed E-state index contributed by atoms with van der Waals surface area (Å²) in [6.45, 7) is 3.68. The molecule has 2 aliphatic rings. The van der Waals surface area contributed by atoms with Gasteiger partial charge in [0, 0.05) is 48.4 Å². The highest BCUT2D eigenvalue weighted by atomic mass is 32.7. The van der Waals surface area contributed by atoms with E-state index in [0.717, 1.165) is 0 Å². The summed E-state index contributed by atoms with van der Waals surface area (Å²) in [4.78, 5) is 52.4. The summed E-state index contributed by atoms with van der Waals surface area (Å²) in [7, 11) is -0.153. The van der Waals surface area contributed by atoms with Gasteiger partial charge in [0.15, 0.2) is 0 Å². The van der Waals surface area contributed by atoms with Gasteiger partial charge in [0.2, 0.25) is 0 Å². The van der Waals surface area contributed by atoms with Gasteiger partial charge in [-0.1, -0.05) is 0 Å². The Hall–Kier alpha value is -1.67. The maximum atomic E-state index is 12.3. The van der Waals surface area contributed by atoms with Crippen LogP contribution in [0.2, 0.25) is 0 Å². The zero-order valence-corrected chi connectivity index (χ0v) is 23.0. The van der Waals surface area contributed by atoms with E-state index in [-0.39, 0.29) is 48.4 Å². The third kappa shape index (κ3) is 6.67. The van der Waals surface area contributed by atoms with Gasteiger partial charge in [-0.25, -0.2) is 9.59 Å². The van der Waals surface area contributed by atoms with Crippen molar-refractivity contribution >= 4 is 29.2 Å². The maximum absolute atomic E-state index is 12.3. The van der Waals surface area contributed by atoms with Crippen molar-refractivity contribution in [3.8, 4) is 0 Å². The molecule has 0 amide bonds. The molecule has 37 heavy (non-hydrogen) atoms. The highest BCUT2D eigenvalue weighted by Gasteiger charge is 2.38. The molecule has 4 rings (SSSR count). The van der Waals surface area contributed by atoms with Gasteiger partial charge in [-0.2, -0.15) is 0 Å². The second kappa shape index (κ2) is 12.5. The molecule has 2 aromatic heterocycles. The Morgan fingerprint density at radius 1 is 0.973 bits per heavy atom. The summed E-state index contributed by atoms with van der Waals surface area (Å²) < 4.78 is 25.9. The van der Waals surface area contributed by atoms with Crippen LogP contribution >= 0.6 is 29.2 Å². The Morgan fingerprint density at radius 3 is 2.11 bits per heavy atom. The molecule has 0 aliphatic carbocycles. The lowest BCUT2D eigenvalue weighted by atomic mass is 10.1. The van der Waals surface area contributed by atoms with Crippen LogP contribution in [0.1, 0.15) is 36.4 Å². The highest BCUT2D eigenvalue weighted by molar-refractivity contribution is 8.36. The molecular formula is C20H30N6O8P2S. The van der Waals surface area contributed by atoms with Gasteiger partial charge in [-0.05, 0) is 13.8 Å². The number of aromatic amines is 2. The van der Waals surface area contributed by atoms with Gasteiger partial charge >= 0.3 is 11.4 Å². The highest BCUT2D eigenvalue weighted by Crippen LogP contribution is 2.32. The number of thiol groups is 1. The van der Waals surface area contributed by atoms with Crippen molar-refractivity contribution in [2.45, 2.75) is 63.4 Å². The second-order valence-corrected chi connectivity index (χ2v) is 10.7. The molecule has 3 unspecified atom stereocenters. The number of nitrogens with zero attached hydrogens (tertiary/aromatic N) is 2. The second-order valence-electron chi connectivity index (χ2n) is 8.92. The SMILES string of the molecule is Cc1cn([C@H]2CC(NPOC[C@H]3O[C@@H](n4cc(C)c(=O)[nH]c4=O)C[C@H]3N)[C@@H](COPS)O2)c(=O)[nH]c1=O. The molecule has 14 nitrogen and oxygen atoms in total. The van der Waals surface area contributed by atoms with E-state index in [9.17, 15) is 19.2 Å². The van der Waals surface area contributed by atoms with E-state index < -0.39 is 41.1 Å². The van der Waals surface area contributed by atoms with Crippen LogP contribution in [0.15, 0.2) is 31.6 Å². The zero-order chi connectivity index (χ0) is 26.7. The lowest BCUT2D eigenvalue weighted by Crippen LogP contribution is -2.36. The Balaban J connectivity index is 1.32. The minimum atomic E-state index is -0.602. The number of nitrogens with two attached hydrogens (primary N) is 1. The topological polar surface area (TPSA) is 185 Å². The van der Waals surface area contributed by atoms with Gasteiger partial charge in [-0.15, -0.1) is 12.2 Å². The fourth-order valence-electron chi connectivity index (χ4n) is 4.25. The van der Waals surface area contributed by atoms with Gasteiger partial charge in [-0.3, -0.25) is 33.8 Å². The van der Waals surface area contributed by atoms with Crippen molar-refractivity contribution in [2.24, 2.45) is 5.73 Å². The standard InChI is InChI=1S/C20H30N6O8P2S/c1-9-5-25(19(29)22-17(9)27)15-3-11(21)13(33-15)7-31-35-24-12-4-16(34-14(12)8-32-36-37)26-6-10(2)18(28)23-20(26)30/h5-6,11-16,24,35-37H,3-4,7-8,21H2,1-2H3,(H,22,27,29)(H,23,28,30)/t11-,12?,13-,14-,15-,16-/m1/s1. The predicted octanol–water partition coefficient (Wildman–Crippen LogP) is -0.456. The lowest BCUT2D eigenvalue weighted by Gasteiger charge is -2.20. The molecule has 17 heteroatoms. The van der Waals surface area contributed by atoms with E-state index in [1.807, 2.05) is 0 Å². The molecule has 2 aliphatic heterocycles. The van der Waals surface area contributed by atoms with Crippen LogP contribution < -0.4 is 33.3 Å². The monoisotopic (exact) mass is 576 g/mol. The van der Waals surface area contributed by atoms with Gasteiger partial charge in [0.05, 0.1) is 42.4 Å². The van der Waals surface area contributed by atoms with Crippen molar-refractivity contribution < 1.29 is 18.5 Å². The summed E-state index contributed by atoms with van der Waals surface area (Å²) in [6, 6.07) is -0.554. The largest absolute Gasteiger partial charge is 0.351 e. The third-order valence-electron chi connectivity index (χ3n) is 6.31. The average molecular weight is 577 g/mol. The first kappa shape index (κ1) is 28.3. The Bertz CT molecular complexity index is 1330. The quantitative estimate of drug-likeness (QED) is 0.141. The fraction of sp³-hybridized carbons (Fsp3) is 0.600. The number of H-pyrrole nitrogens is 2. The average Bonchev–Trinajstić information content (AvgIpc) is 3.43. The Labute approximate surface area is 219 Å². The molecule has 0 saturated carbocycles. The molecule has 2 saturated heterocycles. The fourth-order valence-corrected chi connectivity index (χ4v) is 5.50. The predicted molar refractivity (Wildman–Crippen MR) is 142 cm³/mol. The normalized spacial score (nSPS) is 28.3. The van der Waals surface area contributed by atoms with Crippen LogP contribution in [-0.2, 0) is 18.5 Å². The number of ether oxygens (including phenoxy) is 2. The van der Waals surface area contributed by atoms with Gasteiger partial charge < -0.3 is 24.3 Å². The summed E-state index contributed by atoms with van der Waals surface area (Å²) in [6.07, 6.45) is 1.78. The number of rotatable bonds is 10. The number of aromatic nitrogens is 4. The van der Waals surface area contributed by atoms with Crippen LogP contribution in [0, 0.1) is 13.8 Å². The zero-order valence-electron chi connectivity index (χ0n) is 20.1. The van der Waals surface area contributed by atoms with Crippen LogP contribution in [0.25, 0.3) is 0 Å². The van der Waals surface area contributed by atoms with Crippen molar-refractivity contribution in [1.29, 1.82) is 0 Å². The summed E-state index contributed by atoms with van der Waals surface area (Å²) in [5.74, 6) is 0. The molecule has 2 fully saturated rings. The molecule has 204 valence electrons. The van der Waals surface area contributed by atoms with E-state index in [1.165, 1.54) is 21.5 Å². The third-order valence-corrected chi connectivity index (χ3v) is 7.79. The van der Waals surface area contributed by atoms with Crippen LogP contribution in [0.4, 0.5) is 0 Å². The molecule has 8 atom stereocenters. The number of nitrogens with one attached hydrogen (secondary N) is 3. The van der Waals surface area contributed by atoms with Gasteiger partial charge in [0.25, 0.3) is 11.1 Å². The number of hydrogen-bond donors (Lipinski definition) is 5. The first-order valence-corrected chi connectivity index (χ1v) is 14.6. The number of aryl methyl sites for hydroxylation is 2. The molecule has 0 spiro atoms. The van der Waals surface area contributed by atoms with Crippen LogP contribution in [0.5, 0.6) is 0 Å². The molecule has 2 aromatic rings. The Morgan fingerprint density at radius 2 is 1.51 bits per heavy atom. The summed E-state index contributed by atoms with van der Waals surface area (Å²) in [5.41, 5.74) is 5.04. The van der Waals surface area contributed by atoms with E-state index in [4.69, 9.17) is 24.3 Å². The first-order valence-electron chi connectivity index (χ1n) is 11.5. The summed E-state index contributed by atoms with van der Waals surface area (Å²) in [5, 5.41) is 3.29. The van der Waals surface area contributed by atoms with Crippen molar-refractivity contribution in [3.63, 3.8) is 0 Å². The molecule has 0 aromatic carbocycles. The lowest BCUT2D eigenvalue weighted by molar-refractivity contribution is -0.0224. The number of hydrogen-bond acceptors (Lipinski definition) is 11. The minimum Gasteiger partial charge on any atom is -0.351 e. The van der Waals surface area contributed by atoms with E-state index >= 15 is 0 Å². The van der Waals surface area contributed by atoms with Crippen LogP contribution in [0.3, 0.4) is 0 Å². The summed E-state index contributed by atoms with van der Waals surface area (Å²) >= 11 is 4.10. The molecular weight excluding hydrogens is 546 g/mol. The van der Waals surface area contributed by atoms with Gasteiger partial charge in [0.1, 0.15) is 12.5 Å². The smallest absolute Gasteiger partial charge is 0.330 e.